The second-order valence-electron chi connectivity index (χ2n) is 8.10. The normalized spacial score (nSPS) is 29.9. The number of alkyl halides is 3. The van der Waals surface area contributed by atoms with E-state index >= 15 is 0 Å². The molecule has 3 saturated carbocycles. The fourth-order valence-corrected chi connectivity index (χ4v) is 4.67. The topological polar surface area (TPSA) is 55.4 Å². The van der Waals surface area contributed by atoms with Gasteiger partial charge in [0.1, 0.15) is 0 Å². The van der Waals surface area contributed by atoms with E-state index in [1.54, 1.807) is 0 Å². The van der Waals surface area contributed by atoms with E-state index in [1.165, 1.54) is 7.11 Å². The molecule has 3 atom stereocenters. The number of esters is 1. The van der Waals surface area contributed by atoms with E-state index in [-0.39, 0.29) is 17.3 Å². The molecular weight excluding hydrogens is 347 g/mol. The third-order valence-corrected chi connectivity index (χ3v) is 6.32. The number of carbonyl (C=O) groups is 2. The van der Waals surface area contributed by atoms with Gasteiger partial charge in [-0.3, -0.25) is 9.59 Å². The van der Waals surface area contributed by atoms with E-state index in [0.29, 0.717) is 38.0 Å². The molecule has 3 rings (SSSR count). The van der Waals surface area contributed by atoms with Crippen LogP contribution < -0.4 is 5.32 Å². The van der Waals surface area contributed by atoms with Crippen molar-refractivity contribution in [1.82, 2.24) is 5.32 Å². The van der Waals surface area contributed by atoms with Crippen molar-refractivity contribution in [2.24, 2.45) is 17.3 Å². The molecule has 3 unspecified atom stereocenters. The van der Waals surface area contributed by atoms with Crippen molar-refractivity contribution in [3.05, 3.63) is 12.2 Å². The van der Waals surface area contributed by atoms with Gasteiger partial charge < -0.3 is 10.1 Å². The van der Waals surface area contributed by atoms with Gasteiger partial charge in [0, 0.05) is 12.0 Å². The van der Waals surface area contributed by atoms with Gasteiger partial charge in [0.05, 0.1) is 7.11 Å². The van der Waals surface area contributed by atoms with Gasteiger partial charge in [-0.2, -0.15) is 13.2 Å². The van der Waals surface area contributed by atoms with E-state index in [9.17, 15) is 22.8 Å². The maximum atomic E-state index is 12.8. The SMILES string of the molecule is COC(=O)CCC/C=C\CC1(NC(=O)C(F)(F)F)CCC2CC1C2(C)C. The number of fused-ring (bicyclic) bond motifs is 2. The number of rotatable bonds is 7. The number of methoxy groups -OCH3 is 1. The molecule has 3 aliphatic rings. The molecule has 0 spiro atoms. The van der Waals surface area contributed by atoms with E-state index in [0.717, 1.165) is 12.8 Å². The van der Waals surface area contributed by atoms with Crippen molar-refractivity contribution >= 4 is 11.9 Å². The molecule has 148 valence electrons. The molecule has 0 radical (unpaired) electrons. The molecule has 0 heterocycles. The van der Waals surface area contributed by atoms with Crippen LogP contribution in [0.25, 0.3) is 0 Å². The van der Waals surface area contributed by atoms with Gasteiger partial charge in [0.15, 0.2) is 0 Å². The predicted octanol–water partition coefficient (Wildman–Crippen LogP) is 4.15. The highest BCUT2D eigenvalue weighted by molar-refractivity contribution is 5.82. The predicted molar refractivity (Wildman–Crippen MR) is 91.2 cm³/mol. The number of allylic oxidation sites excluding steroid dienone is 1. The average Bonchev–Trinajstić information content (AvgIpc) is 2.56. The minimum absolute atomic E-state index is 0.0415. The highest BCUT2D eigenvalue weighted by Crippen LogP contribution is 2.63. The Kier molecular flexibility index (Phi) is 6.08. The van der Waals surface area contributed by atoms with Crippen LogP contribution in [0.4, 0.5) is 13.2 Å². The fraction of sp³-hybridized carbons (Fsp3) is 0.789. The van der Waals surface area contributed by atoms with Crippen molar-refractivity contribution in [3.63, 3.8) is 0 Å². The Hall–Kier alpha value is -1.53. The third-order valence-electron chi connectivity index (χ3n) is 6.32. The van der Waals surface area contributed by atoms with Gasteiger partial charge in [0.25, 0.3) is 0 Å². The van der Waals surface area contributed by atoms with Crippen LogP contribution in [0.2, 0.25) is 0 Å². The van der Waals surface area contributed by atoms with Gasteiger partial charge >= 0.3 is 18.1 Å². The number of unbranched alkanes of at least 4 members (excludes halogenated alkanes) is 1. The van der Waals surface area contributed by atoms with E-state index in [1.807, 2.05) is 12.2 Å². The van der Waals surface area contributed by atoms with Crippen molar-refractivity contribution in [2.75, 3.05) is 7.11 Å². The van der Waals surface area contributed by atoms with Gasteiger partial charge in [-0.1, -0.05) is 26.0 Å². The summed E-state index contributed by atoms with van der Waals surface area (Å²) in [5.41, 5.74) is -0.903. The van der Waals surface area contributed by atoms with Crippen LogP contribution in [0.1, 0.15) is 58.8 Å². The molecular formula is C19H28F3NO3. The molecule has 1 N–H and O–H groups in total. The van der Waals surface area contributed by atoms with Crippen LogP contribution in [-0.4, -0.2) is 30.7 Å². The van der Waals surface area contributed by atoms with Crippen LogP contribution in [0.3, 0.4) is 0 Å². The lowest BCUT2D eigenvalue weighted by Crippen LogP contribution is -2.68. The van der Waals surface area contributed by atoms with E-state index < -0.39 is 17.6 Å². The first-order valence-electron chi connectivity index (χ1n) is 9.14. The lowest BCUT2D eigenvalue weighted by atomic mass is 9.42. The second-order valence-corrected chi connectivity index (χ2v) is 8.10. The highest BCUT2D eigenvalue weighted by atomic mass is 19.4. The van der Waals surface area contributed by atoms with Gasteiger partial charge in [-0.25, -0.2) is 0 Å². The monoisotopic (exact) mass is 375 g/mol. The molecule has 26 heavy (non-hydrogen) atoms. The summed E-state index contributed by atoms with van der Waals surface area (Å²) >= 11 is 0. The van der Waals surface area contributed by atoms with Crippen LogP contribution >= 0.6 is 0 Å². The van der Waals surface area contributed by atoms with Crippen molar-refractivity contribution in [1.29, 1.82) is 0 Å². The first-order chi connectivity index (χ1) is 12.0. The first-order valence-corrected chi connectivity index (χ1v) is 9.14. The highest BCUT2D eigenvalue weighted by Gasteiger charge is 2.62. The minimum atomic E-state index is -4.87. The van der Waals surface area contributed by atoms with Crippen LogP contribution in [0.15, 0.2) is 12.2 Å². The van der Waals surface area contributed by atoms with Crippen LogP contribution in [-0.2, 0) is 14.3 Å². The Morgan fingerprint density at radius 2 is 1.96 bits per heavy atom. The zero-order chi connectivity index (χ0) is 19.6. The summed E-state index contributed by atoms with van der Waals surface area (Å²) in [7, 11) is 1.34. The Balaban J connectivity index is 2.03. The maximum Gasteiger partial charge on any atom is 0.471 e. The first kappa shape index (κ1) is 20.8. The van der Waals surface area contributed by atoms with Gasteiger partial charge in [-0.15, -0.1) is 0 Å². The number of halogens is 3. The molecule has 0 aromatic heterocycles. The molecule has 0 aromatic rings. The maximum absolute atomic E-state index is 12.8. The van der Waals surface area contributed by atoms with Gasteiger partial charge in [-0.05, 0) is 55.8 Å². The van der Waals surface area contributed by atoms with Crippen molar-refractivity contribution in [2.45, 2.75) is 70.5 Å². The largest absolute Gasteiger partial charge is 0.471 e. The summed E-state index contributed by atoms with van der Waals surface area (Å²) in [4.78, 5) is 22.7. The fourth-order valence-electron chi connectivity index (χ4n) is 4.67. The zero-order valence-corrected chi connectivity index (χ0v) is 15.6. The molecule has 0 aliphatic heterocycles. The Morgan fingerprint density at radius 3 is 2.50 bits per heavy atom. The Labute approximate surface area is 152 Å². The summed E-state index contributed by atoms with van der Waals surface area (Å²) in [6.07, 6.45) is 3.09. The standard InChI is InChI=1S/C19H28F3NO3/c1-17(2)13-9-11-18(14(17)12-13,23-16(25)19(20,21)22)10-7-5-4-6-8-15(24)26-3/h5,7,13-14H,4,6,8-12H2,1-3H3,(H,23,25)/b7-5-. The van der Waals surface area contributed by atoms with Crippen molar-refractivity contribution < 1.29 is 27.5 Å². The number of carbonyl (C=O) groups excluding carboxylic acids is 2. The number of hydrogen-bond donors (Lipinski definition) is 1. The number of ether oxygens (including phenoxy) is 1. The summed E-state index contributed by atoms with van der Waals surface area (Å²) in [6.45, 7) is 4.17. The molecule has 0 aromatic carbocycles. The van der Waals surface area contributed by atoms with Crippen LogP contribution in [0.5, 0.6) is 0 Å². The lowest BCUT2D eigenvalue weighted by Gasteiger charge is -2.65. The second kappa shape index (κ2) is 7.61. The Morgan fingerprint density at radius 1 is 1.27 bits per heavy atom. The van der Waals surface area contributed by atoms with E-state index in [4.69, 9.17) is 0 Å². The lowest BCUT2D eigenvalue weighted by molar-refractivity contribution is -0.184. The average molecular weight is 375 g/mol. The molecule has 3 aliphatic carbocycles. The van der Waals surface area contributed by atoms with Crippen LogP contribution in [0, 0.1) is 17.3 Å². The minimum Gasteiger partial charge on any atom is -0.469 e. The van der Waals surface area contributed by atoms with Gasteiger partial charge in [0.2, 0.25) is 0 Å². The third kappa shape index (κ3) is 4.23. The zero-order valence-electron chi connectivity index (χ0n) is 15.6. The summed E-state index contributed by atoms with van der Waals surface area (Å²) in [6, 6.07) is 0. The van der Waals surface area contributed by atoms with Crippen molar-refractivity contribution in [3.8, 4) is 0 Å². The smallest absolute Gasteiger partial charge is 0.469 e. The summed E-state index contributed by atoms with van der Waals surface area (Å²) in [5, 5.41) is 2.34. The number of amides is 1. The summed E-state index contributed by atoms with van der Waals surface area (Å²) < 4.78 is 43.1. The number of hydrogen-bond acceptors (Lipinski definition) is 3. The summed E-state index contributed by atoms with van der Waals surface area (Å²) in [5.74, 6) is -1.56. The van der Waals surface area contributed by atoms with E-state index in [2.05, 4.69) is 23.9 Å². The molecule has 2 bridgehead atoms. The number of nitrogens with one attached hydrogen (secondary N) is 1. The molecule has 0 saturated heterocycles. The Bertz CT molecular complexity index is 569. The molecule has 3 fully saturated rings. The molecule has 1 amide bonds. The quantitative estimate of drug-likeness (QED) is 0.413. The molecule has 4 nitrogen and oxygen atoms in total. The molecule has 7 heteroatoms.